The van der Waals surface area contributed by atoms with Gasteiger partial charge in [0.25, 0.3) is 0 Å². The maximum atomic E-state index is 4.52. The van der Waals surface area contributed by atoms with E-state index in [2.05, 4.69) is 49.3 Å². The van der Waals surface area contributed by atoms with Crippen molar-refractivity contribution in [1.82, 2.24) is 15.2 Å². The first-order valence-electron chi connectivity index (χ1n) is 6.29. The fourth-order valence-electron chi connectivity index (χ4n) is 2.46. The average Bonchev–Trinajstić information content (AvgIpc) is 2.40. The van der Waals surface area contributed by atoms with Crippen LogP contribution in [0.2, 0.25) is 0 Å². The lowest BCUT2D eigenvalue weighted by Crippen LogP contribution is -2.42. The first-order chi connectivity index (χ1) is 8.83. The number of rotatable bonds is 2. The summed E-state index contributed by atoms with van der Waals surface area (Å²) in [7, 11) is 0. The second-order valence-corrected chi connectivity index (χ2v) is 5.58. The fourth-order valence-corrected chi connectivity index (χ4v) is 2.98. The summed E-state index contributed by atoms with van der Waals surface area (Å²) in [4.78, 5) is 7.00. The molecule has 0 bridgehead atoms. The van der Waals surface area contributed by atoms with Gasteiger partial charge in [0.05, 0.1) is 5.52 Å². The lowest BCUT2D eigenvalue weighted by Gasteiger charge is -2.27. The van der Waals surface area contributed by atoms with Gasteiger partial charge in [0.15, 0.2) is 0 Å². The molecule has 0 amide bonds. The van der Waals surface area contributed by atoms with Gasteiger partial charge in [-0.2, -0.15) is 0 Å². The van der Waals surface area contributed by atoms with Crippen molar-refractivity contribution in [1.29, 1.82) is 0 Å². The minimum absolute atomic E-state index is 0. The van der Waals surface area contributed by atoms with Gasteiger partial charge in [-0.3, -0.25) is 9.88 Å². The molecule has 21 heavy (non-hydrogen) atoms. The average molecular weight is 416 g/mol. The predicted molar refractivity (Wildman–Crippen MR) is 99.3 cm³/mol. The highest BCUT2D eigenvalue weighted by atomic mass is 79.9. The minimum Gasteiger partial charge on any atom is -0.314 e. The Balaban J connectivity index is 0.00000133. The zero-order chi connectivity index (χ0) is 12.4. The first kappa shape index (κ1) is 20.9. The molecule has 0 unspecified atom stereocenters. The first-order valence-corrected chi connectivity index (χ1v) is 7.08. The molecule has 1 aromatic heterocycles. The van der Waals surface area contributed by atoms with E-state index in [0.717, 1.165) is 42.7 Å². The Hall–Kier alpha value is -0.100. The van der Waals surface area contributed by atoms with E-state index >= 15 is 0 Å². The zero-order valence-corrected chi connectivity index (χ0v) is 15.5. The molecule has 0 atom stereocenters. The smallest absolute Gasteiger partial charge is 0.0747 e. The second-order valence-electron chi connectivity index (χ2n) is 4.67. The minimum atomic E-state index is 0. The van der Waals surface area contributed by atoms with Crippen molar-refractivity contribution in [3.8, 4) is 0 Å². The van der Waals surface area contributed by atoms with Gasteiger partial charge in [0.1, 0.15) is 0 Å². The molecule has 2 heterocycles. The molecule has 118 valence electrons. The van der Waals surface area contributed by atoms with Crippen molar-refractivity contribution in [3.05, 3.63) is 40.5 Å². The molecule has 0 radical (unpaired) electrons. The SMILES string of the molecule is Brc1cc(CN2CCNCC2)c2ncccc2c1.Cl.Cl.Cl. The summed E-state index contributed by atoms with van der Waals surface area (Å²) in [6, 6.07) is 8.43. The number of nitrogens with one attached hydrogen (secondary N) is 1. The third-order valence-corrected chi connectivity index (χ3v) is 3.81. The molecule has 0 spiro atoms. The van der Waals surface area contributed by atoms with Gasteiger partial charge in [-0.25, -0.2) is 0 Å². The van der Waals surface area contributed by atoms with Gasteiger partial charge in [-0.15, -0.1) is 37.2 Å². The highest BCUT2D eigenvalue weighted by Gasteiger charge is 2.12. The Morgan fingerprint density at radius 3 is 2.57 bits per heavy atom. The summed E-state index contributed by atoms with van der Waals surface area (Å²) in [6.45, 7) is 5.37. The van der Waals surface area contributed by atoms with Gasteiger partial charge >= 0.3 is 0 Å². The molecule has 0 saturated carbocycles. The van der Waals surface area contributed by atoms with E-state index in [0.29, 0.717) is 0 Å². The van der Waals surface area contributed by atoms with Crippen molar-refractivity contribution in [2.45, 2.75) is 6.54 Å². The number of nitrogens with zero attached hydrogens (tertiary/aromatic N) is 2. The summed E-state index contributed by atoms with van der Waals surface area (Å²) >= 11 is 3.59. The number of benzene rings is 1. The van der Waals surface area contributed by atoms with Crippen LogP contribution in [0, 0.1) is 0 Å². The van der Waals surface area contributed by atoms with Crippen molar-refractivity contribution < 1.29 is 0 Å². The van der Waals surface area contributed by atoms with Crippen LogP contribution in [0.4, 0.5) is 0 Å². The predicted octanol–water partition coefficient (Wildman–Crippen LogP) is 3.67. The molecule has 1 aromatic carbocycles. The van der Waals surface area contributed by atoms with E-state index in [1.807, 2.05) is 12.3 Å². The summed E-state index contributed by atoms with van der Waals surface area (Å²) in [5, 5.41) is 4.59. The van der Waals surface area contributed by atoms with Crippen molar-refractivity contribution in [2.75, 3.05) is 26.2 Å². The number of fused-ring (bicyclic) bond motifs is 1. The Labute approximate surface area is 152 Å². The fraction of sp³-hybridized carbons (Fsp3) is 0.357. The number of piperazine rings is 1. The van der Waals surface area contributed by atoms with E-state index in [1.165, 1.54) is 10.9 Å². The van der Waals surface area contributed by atoms with Crippen LogP contribution in [0.15, 0.2) is 34.9 Å². The van der Waals surface area contributed by atoms with E-state index in [-0.39, 0.29) is 37.2 Å². The summed E-state index contributed by atoms with van der Waals surface area (Å²) in [5.41, 5.74) is 2.43. The number of halogens is 4. The summed E-state index contributed by atoms with van der Waals surface area (Å²) < 4.78 is 1.13. The number of hydrogen-bond acceptors (Lipinski definition) is 3. The third-order valence-electron chi connectivity index (χ3n) is 3.35. The van der Waals surface area contributed by atoms with Crippen LogP contribution in [0.5, 0.6) is 0 Å². The molecular weight excluding hydrogens is 396 g/mol. The Kier molecular flexibility index (Phi) is 9.78. The maximum absolute atomic E-state index is 4.52. The van der Waals surface area contributed by atoms with Crippen molar-refractivity contribution in [3.63, 3.8) is 0 Å². The molecule has 1 saturated heterocycles. The molecule has 1 aliphatic rings. The van der Waals surface area contributed by atoms with Crippen LogP contribution >= 0.6 is 53.2 Å². The largest absolute Gasteiger partial charge is 0.314 e. The number of aromatic nitrogens is 1. The molecule has 0 aliphatic carbocycles. The number of hydrogen-bond donors (Lipinski definition) is 1. The van der Waals surface area contributed by atoms with Crippen LogP contribution < -0.4 is 5.32 Å². The lowest BCUT2D eigenvalue weighted by atomic mass is 10.1. The van der Waals surface area contributed by atoms with Crippen LogP contribution in [0.1, 0.15) is 5.56 Å². The standard InChI is InChI=1S/C14H16BrN3.3ClH/c15-13-8-11-2-1-3-17-14(11)12(9-13)10-18-6-4-16-5-7-18;;;/h1-3,8-9,16H,4-7,10H2;3*1H. The van der Waals surface area contributed by atoms with E-state index < -0.39 is 0 Å². The topological polar surface area (TPSA) is 28.2 Å². The normalized spacial score (nSPS) is 14.7. The number of pyridine rings is 1. The Morgan fingerprint density at radius 1 is 1.14 bits per heavy atom. The van der Waals surface area contributed by atoms with E-state index in [4.69, 9.17) is 0 Å². The van der Waals surface area contributed by atoms with Gasteiger partial charge in [0, 0.05) is 48.8 Å². The monoisotopic (exact) mass is 413 g/mol. The lowest BCUT2D eigenvalue weighted by molar-refractivity contribution is 0.234. The molecule has 3 rings (SSSR count). The molecule has 7 heteroatoms. The maximum Gasteiger partial charge on any atom is 0.0747 e. The van der Waals surface area contributed by atoms with Gasteiger partial charge < -0.3 is 5.32 Å². The molecule has 1 fully saturated rings. The molecule has 1 aliphatic heterocycles. The zero-order valence-electron chi connectivity index (χ0n) is 11.4. The van der Waals surface area contributed by atoms with E-state index in [1.54, 1.807) is 0 Å². The van der Waals surface area contributed by atoms with Crippen LogP contribution in [-0.2, 0) is 6.54 Å². The highest BCUT2D eigenvalue weighted by molar-refractivity contribution is 9.10. The molecular formula is C14H19BrCl3N3. The highest BCUT2D eigenvalue weighted by Crippen LogP contribution is 2.23. The van der Waals surface area contributed by atoms with Crippen LogP contribution in [0.3, 0.4) is 0 Å². The van der Waals surface area contributed by atoms with Gasteiger partial charge in [-0.05, 0) is 23.8 Å². The van der Waals surface area contributed by atoms with Crippen molar-refractivity contribution >= 4 is 64.1 Å². The van der Waals surface area contributed by atoms with Crippen molar-refractivity contribution in [2.24, 2.45) is 0 Å². The quantitative estimate of drug-likeness (QED) is 0.811. The summed E-state index contributed by atoms with van der Waals surface area (Å²) in [6.07, 6.45) is 1.87. The molecule has 1 N–H and O–H groups in total. The van der Waals surface area contributed by atoms with Gasteiger partial charge in [-0.1, -0.05) is 22.0 Å². The Bertz CT molecular complexity index is 562. The van der Waals surface area contributed by atoms with Crippen LogP contribution in [-0.4, -0.2) is 36.1 Å². The Morgan fingerprint density at radius 2 is 1.86 bits per heavy atom. The second kappa shape index (κ2) is 9.82. The van der Waals surface area contributed by atoms with Gasteiger partial charge in [0.2, 0.25) is 0 Å². The van der Waals surface area contributed by atoms with E-state index in [9.17, 15) is 0 Å². The summed E-state index contributed by atoms with van der Waals surface area (Å²) in [5.74, 6) is 0. The third kappa shape index (κ3) is 5.23. The molecule has 2 aromatic rings. The molecule has 3 nitrogen and oxygen atoms in total. The van der Waals surface area contributed by atoms with Crippen LogP contribution in [0.25, 0.3) is 10.9 Å².